The van der Waals surface area contributed by atoms with E-state index >= 15 is 0 Å². The van der Waals surface area contributed by atoms with E-state index in [0.29, 0.717) is 13.1 Å². The van der Waals surface area contributed by atoms with E-state index in [4.69, 9.17) is 5.84 Å². The number of likely N-dealkylation sites (N-methyl/N-ethyl adjacent to an activating group) is 1. The number of rotatable bonds is 6. The van der Waals surface area contributed by atoms with Crippen LogP contribution in [-0.4, -0.2) is 34.0 Å². The SMILES string of the molecule is CCN(CCn1cc(C(=O)NN)nn1)c1cccc(F)c1. The second-order valence-corrected chi connectivity index (χ2v) is 4.40. The predicted molar refractivity (Wildman–Crippen MR) is 76.0 cm³/mol. The number of anilines is 1. The van der Waals surface area contributed by atoms with Gasteiger partial charge in [0.2, 0.25) is 0 Å². The third-order valence-electron chi connectivity index (χ3n) is 3.06. The van der Waals surface area contributed by atoms with Crippen LogP contribution in [0.1, 0.15) is 17.4 Å². The van der Waals surface area contributed by atoms with Gasteiger partial charge in [-0.25, -0.2) is 14.9 Å². The highest BCUT2D eigenvalue weighted by Crippen LogP contribution is 2.15. The molecule has 1 aromatic heterocycles. The molecule has 0 aliphatic heterocycles. The average molecular weight is 292 g/mol. The van der Waals surface area contributed by atoms with Crippen LogP contribution in [0.25, 0.3) is 0 Å². The molecule has 8 heteroatoms. The van der Waals surface area contributed by atoms with E-state index in [1.54, 1.807) is 10.7 Å². The number of carbonyl (C=O) groups is 1. The van der Waals surface area contributed by atoms with E-state index in [0.717, 1.165) is 12.2 Å². The molecule has 0 unspecified atom stereocenters. The number of aromatic nitrogens is 3. The number of nitrogen functional groups attached to an aromatic ring is 1. The Morgan fingerprint density at radius 1 is 1.52 bits per heavy atom. The van der Waals surface area contributed by atoms with Gasteiger partial charge in [-0.15, -0.1) is 5.10 Å². The van der Waals surface area contributed by atoms with Crippen LogP contribution in [0.15, 0.2) is 30.5 Å². The first-order valence-corrected chi connectivity index (χ1v) is 6.55. The van der Waals surface area contributed by atoms with Crippen molar-refractivity contribution < 1.29 is 9.18 Å². The molecule has 0 atom stereocenters. The summed E-state index contributed by atoms with van der Waals surface area (Å²) in [6, 6.07) is 6.41. The van der Waals surface area contributed by atoms with Crippen LogP contribution in [-0.2, 0) is 6.54 Å². The number of hydrogen-bond acceptors (Lipinski definition) is 5. The van der Waals surface area contributed by atoms with Crippen LogP contribution in [0, 0.1) is 5.82 Å². The Labute approximate surface area is 121 Å². The van der Waals surface area contributed by atoms with Gasteiger partial charge in [0, 0.05) is 18.8 Å². The van der Waals surface area contributed by atoms with Gasteiger partial charge in [0.25, 0.3) is 5.91 Å². The second-order valence-electron chi connectivity index (χ2n) is 4.40. The fourth-order valence-corrected chi connectivity index (χ4v) is 1.95. The van der Waals surface area contributed by atoms with Gasteiger partial charge in [0.05, 0.1) is 12.7 Å². The zero-order valence-corrected chi connectivity index (χ0v) is 11.7. The molecule has 1 amide bonds. The molecule has 0 aliphatic carbocycles. The lowest BCUT2D eigenvalue weighted by molar-refractivity contribution is 0.0948. The molecule has 0 saturated carbocycles. The smallest absolute Gasteiger partial charge is 0.287 e. The van der Waals surface area contributed by atoms with Crippen LogP contribution >= 0.6 is 0 Å². The quantitative estimate of drug-likeness (QED) is 0.461. The fraction of sp³-hybridized carbons (Fsp3) is 0.308. The largest absolute Gasteiger partial charge is 0.370 e. The van der Waals surface area contributed by atoms with Gasteiger partial charge in [0.15, 0.2) is 5.69 Å². The number of halogens is 1. The van der Waals surface area contributed by atoms with E-state index < -0.39 is 5.91 Å². The first kappa shape index (κ1) is 14.9. The number of nitrogens with two attached hydrogens (primary N) is 1. The molecule has 0 saturated heterocycles. The summed E-state index contributed by atoms with van der Waals surface area (Å²) in [5, 5.41) is 7.57. The fourth-order valence-electron chi connectivity index (χ4n) is 1.95. The maximum absolute atomic E-state index is 13.2. The zero-order valence-electron chi connectivity index (χ0n) is 11.7. The number of carbonyl (C=O) groups excluding carboxylic acids is 1. The average Bonchev–Trinajstić information content (AvgIpc) is 2.96. The Bertz CT molecular complexity index is 614. The molecule has 0 spiro atoms. The summed E-state index contributed by atoms with van der Waals surface area (Å²) in [4.78, 5) is 13.3. The summed E-state index contributed by atoms with van der Waals surface area (Å²) in [6.45, 7) is 3.86. The maximum Gasteiger partial charge on any atom is 0.287 e. The lowest BCUT2D eigenvalue weighted by Gasteiger charge is -2.22. The lowest BCUT2D eigenvalue weighted by Crippen LogP contribution is -2.30. The molecule has 112 valence electrons. The molecule has 2 rings (SSSR count). The zero-order chi connectivity index (χ0) is 15.2. The van der Waals surface area contributed by atoms with Crippen molar-refractivity contribution in [1.29, 1.82) is 0 Å². The summed E-state index contributed by atoms with van der Waals surface area (Å²) in [7, 11) is 0. The van der Waals surface area contributed by atoms with E-state index in [9.17, 15) is 9.18 Å². The molecule has 7 nitrogen and oxygen atoms in total. The molecule has 1 heterocycles. The van der Waals surface area contributed by atoms with Gasteiger partial charge >= 0.3 is 0 Å². The highest BCUT2D eigenvalue weighted by atomic mass is 19.1. The summed E-state index contributed by atoms with van der Waals surface area (Å²) < 4.78 is 14.8. The Kier molecular flexibility index (Phi) is 4.83. The standard InChI is InChI=1S/C13H17FN6O/c1-2-19(11-5-3-4-10(14)8-11)6-7-20-9-12(17-18-20)13(21)16-15/h3-5,8-9H,2,6-7,15H2,1H3,(H,16,21). The van der Waals surface area contributed by atoms with Crippen molar-refractivity contribution in [2.24, 2.45) is 5.84 Å². The van der Waals surface area contributed by atoms with Gasteiger partial charge in [0.1, 0.15) is 5.82 Å². The monoisotopic (exact) mass is 292 g/mol. The van der Waals surface area contributed by atoms with Crippen molar-refractivity contribution in [3.63, 3.8) is 0 Å². The van der Waals surface area contributed by atoms with Crippen LogP contribution < -0.4 is 16.2 Å². The molecule has 0 bridgehead atoms. The number of benzene rings is 1. The molecule has 21 heavy (non-hydrogen) atoms. The van der Waals surface area contributed by atoms with Crippen molar-refractivity contribution in [1.82, 2.24) is 20.4 Å². The van der Waals surface area contributed by atoms with Crippen molar-refractivity contribution in [2.75, 3.05) is 18.0 Å². The molecule has 1 aromatic carbocycles. The van der Waals surface area contributed by atoms with E-state index in [2.05, 4.69) is 10.3 Å². The number of hydrogen-bond donors (Lipinski definition) is 2. The molecule has 3 N–H and O–H groups in total. The predicted octanol–water partition coefficient (Wildman–Crippen LogP) is 0.547. The van der Waals surface area contributed by atoms with Crippen molar-refractivity contribution >= 4 is 11.6 Å². The number of hydrazine groups is 1. The number of amides is 1. The van der Waals surface area contributed by atoms with E-state index in [1.807, 2.05) is 23.3 Å². The van der Waals surface area contributed by atoms with Gasteiger partial charge in [-0.2, -0.15) is 0 Å². The first-order chi connectivity index (χ1) is 10.1. The number of nitrogens with one attached hydrogen (secondary N) is 1. The van der Waals surface area contributed by atoms with Crippen molar-refractivity contribution in [3.05, 3.63) is 42.0 Å². The Morgan fingerprint density at radius 3 is 3.00 bits per heavy atom. The minimum Gasteiger partial charge on any atom is -0.370 e. The molecular formula is C13H17FN6O. The van der Waals surface area contributed by atoms with Gasteiger partial charge in [-0.05, 0) is 25.1 Å². The van der Waals surface area contributed by atoms with Gasteiger partial charge in [-0.1, -0.05) is 11.3 Å². The summed E-state index contributed by atoms with van der Waals surface area (Å²) in [5.41, 5.74) is 2.96. The third-order valence-corrected chi connectivity index (χ3v) is 3.06. The Morgan fingerprint density at radius 2 is 2.33 bits per heavy atom. The minimum absolute atomic E-state index is 0.159. The van der Waals surface area contributed by atoms with Gasteiger partial charge in [-0.3, -0.25) is 10.2 Å². The topological polar surface area (TPSA) is 89.1 Å². The van der Waals surface area contributed by atoms with Crippen LogP contribution in [0.5, 0.6) is 0 Å². The van der Waals surface area contributed by atoms with Gasteiger partial charge < -0.3 is 4.90 Å². The van der Waals surface area contributed by atoms with E-state index in [-0.39, 0.29) is 11.5 Å². The van der Waals surface area contributed by atoms with Crippen LogP contribution in [0.2, 0.25) is 0 Å². The number of nitrogens with zero attached hydrogens (tertiary/aromatic N) is 4. The highest BCUT2D eigenvalue weighted by Gasteiger charge is 2.10. The third kappa shape index (κ3) is 3.76. The van der Waals surface area contributed by atoms with Crippen LogP contribution in [0.4, 0.5) is 10.1 Å². The van der Waals surface area contributed by atoms with Crippen molar-refractivity contribution in [2.45, 2.75) is 13.5 Å². The highest BCUT2D eigenvalue weighted by molar-refractivity contribution is 5.91. The minimum atomic E-state index is -0.487. The summed E-state index contributed by atoms with van der Waals surface area (Å²) in [6.07, 6.45) is 1.52. The summed E-state index contributed by atoms with van der Waals surface area (Å²) >= 11 is 0. The molecule has 2 aromatic rings. The normalized spacial score (nSPS) is 10.4. The Hall–Kier alpha value is -2.48. The first-order valence-electron chi connectivity index (χ1n) is 6.55. The summed E-state index contributed by atoms with van der Waals surface area (Å²) in [5.74, 6) is 4.27. The maximum atomic E-state index is 13.2. The van der Waals surface area contributed by atoms with Crippen molar-refractivity contribution in [3.8, 4) is 0 Å². The van der Waals surface area contributed by atoms with E-state index in [1.165, 1.54) is 18.3 Å². The lowest BCUT2D eigenvalue weighted by atomic mass is 10.2. The van der Waals surface area contributed by atoms with Crippen LogP contribution in [0.3, 0.4) is 0 Å². The molecule has 0 aliphatic rings. The molecule has 0 radical (unpaired) electrons. The molecule has 0 fully saturated rings. The Balaban J connectivity index is 2.00. The molecular weight excluding hydrogens is 275 g/mol. The second kappa shape index (κ2) is 6.80.